The van der Waals surface area contributed by atoms with E-state index < -0.39 is 68.5 Å². The molecular formula is C70H52N4OPtSi-2. The minimum atomic E-state index is -3.38. The van der Waals surface area contributed by atoms with Crippen LogP contribution in [0.2, 0.25) is 0 Å². The van der Waals surface area contributed by atoms with E-state index in [1.54, 1.807) is 22.8 Å². The van der Waals surface area contributed by atoms with Crippen molar-refractivity contribution in [2.45, 2.75) is 26.2 Å². The molecule has 7 heteroatoms. The molecule has 77 heavy (non-hydrogen) atoms. The average molecular weight is 1200 g/mol. The molecule has 3 aromatic heterocycles. The summed E-state index contributed by atoms with van der Waals surface area (Å²) in [5, 5.41) is 6.18. The second-order valence-corrected chi connectivity index (χ2v) is 23.4. The van der Waals surface area contributed by atoms with Crippen LogP contribution in [0.25, 0.3) is 72.3 Å². The Hall–Kier alpha value is -8.67. The maximum atomic E-state index is 9.28. The Labute approximate surface area is 479 Å². The summed E-state index contributed by atoms with van der Waals surface area (Å²) in [5.41, 5.74) is 4.37. The molecule has 5 nitrogen and oxygen atoms in total. The van der Waals surface area contributed by atoms with Crippen LogP contribution in [0.4, 0.5) is 0 Å². The molecule has 0 radical (unpaired) electrons. The molecule has 13 rings (SSSR count). The first-order chi connectivity index (χ1) is 41.5. The van der Waals surface area contributed by atoms with Crippen LogP contribution in [0.3, 0.4) is 0 Å². The summed E-state index contributed by atoms with van der Waals surface area (Å²) >= 11 is 0. The number of rotatable bonds is 11. The van der Waals surface area contributed by atoms with Crippen molar-refractivity contribution in [1.82, 2.24) is 14.1 Å². The van der Waals surface area contributed by atoms with E-state index in [0.717, 1.165) is 53.9 Å². The van der Waals surface area contributed by atoms with Crippen LogP contribution in [0.15, 0.2) is 261 Å². The molecule has 0 unspecified atom stereocenters. The van der Waals surface area contributed by atoms with Crippen LogP contribution in [0, 0.1) is 18.5 Å². The largest absolute Gasteiger partial charge is 0.510 e. The van der Waals surface area contributed by atoms with Crippen molar-refractivity contribution in [3.05, 3.63) is 285 Å². The number of ether oxygens (including phenoxy) is 1. The summed E-state index contributed by atoms with van der Waals surface area (Å²) in [6, 6.07) is 66.2. The zero-order valence-corrected chi connectivity index (χ0v) is 45.3. The van der Waals surface area contributed by atoms with Gasteiger partial charge in [0.1, 0.15) is 5.82 Å². The number of pyridine rings is 1. The molecule has 0 aliphatic rings. The van der Waals surface area contributed by atoms with Crippen molar-refractivity contribution in [2.24, 2.45) is 0 Å². The summed E-state index contributed by atoms with van der Waals surface area (Å²) < 4.78 is 102. The van der Waals surface area contributed by atoms with Gasteiger partial charge in [-0.3, -0.25) is 4.57 Å². The van der Waals surface area contributed by atoms with Crippen molar-refractivity contribution in [2.75, 3.05) is 0 Å². The molecule has 0 aliphatic carbocycles. The normalized spacial score (nSPS) is 13.5. The third kappa shape index (κ3) is 8.84. The Kier molecular flexibility index (Phi) is 10.3. The van der Waals surface area contributed by atoms with Crippen molar-refractivity contribution in [3.8, 4) is 50.9 Å². The topological polar surface area (TPSA) is 35.9 Å². The van der Waals surface area contributed by atoms with Crippen molar-refractivity contribution >= 4 is 61.7 Å². The Morgan fingerprint density at radius 3 is 1.71 bits per heavy atom. The molecular weight excluding hydrogens is 1140 g/mol. The van der Waals surface area contributed by atoms with Crippen LogP contribution in [0.1, 0.15) is 40.0 Å². The van der Waals surface area contributed by atoms with Gasteiger partial charge in [0.2, 0.25) is 0 Å². The van der Waals surface area contributed by atoms with Crippen LogP contribution in [0.5, 0.6) is 11.5 Å². The number of hydrogen-bond donors (Lipinski definition) is 0. The number of nitrogens with zero attached hydrogens (tertiary/aromatic N) is 4. The molecule has 0 atom stereocenters. The third-order valence-corrected chi connectivity index (χ3v) is 18.9. The third-order valence-electron chi connectivity index (χ3n) is 14.1. The first-order valence-electron chi connectivity index (χ1n) is 30.0. The smallest absolute Gasteiger partial charge is 0.268 e. The quantitative estimate of drug-likeness (QED) is 0.0560. The maximum absolute atomic E-state index is 9.28. The van der Waals surface area contributed by atoms with Crippen molar-refractivity contribution in [1.29, 1.82) is 0 Å². The molecule has 13 aromatic rings. The molecule has 0 saturated heterocycles. The van der Waals surface area contributed by atoms with Gasteiger partial charge in [0.25, 0.3) is 6.33 Å². The Morgan fingerprint density at radius 1 is 0.532 bits per heavy atom. The fraction of sp³-hybridized carbons (Fsp3) is 0.0571. The summed E-state index contributed by atoms with van der Waals surface area (Å²) in [7, 11) is -3.38. The molecule has 0 N–H and O–H groups in total. The fourth-order valence-corrected chi connectivity index (χ4v) is 15.4. The zero-order valence-electron chi connectivity index (χ0n) is 52.1. The van der Waals surface area contributed by atoms with E-state index in [4.69, 9.17) is 17.9 Å². The zero-order chi connectivity index (χ0) is 59.9. The SMILES string of the molecule is [2H]c1c([2H])c([2H])c(-c2cccc(-c3c([2H])c([2H])c([2H])c([2H])c3[2H])c2-[n+]2[c-]n(-c3[c-]c(Oc4[c-]c5c(cc4)c4ccccc4n5-c4cc(C(C)(C)C)ccn4)cc([Si](c4ccccc4)(c4ccccc4)c4ccccc4)c3)c3ccccc32)c([2H])c1[2H].[Pt]. The number of hydrogen-bond acceptors (Lipinski definition) is 2. The summed E-state index contributed by atoms with van der Waals surface area (Å²) in [6.07, 6.45) is 5.45. The van der Waals surface area contributed by atoms with Gasteiger partial charge >= 0.3 is 0 Å². The fourth-order valence-electron chi connectivity index (χ4n) is 10.6. The molecule has 0 saturated carbocycles. The number of benzene rings is 10. The van der Waals surface area contributed by atoms with E-state index in [9.17, 15) is 5.48 Å². The predicted molar refractivity (Wildman–Crippen MR) is 313 cm³/mol. The van der Waals surface area contributed by atoms with E-state index >= 15 is 0 Å². The van der Waals surface area contributed by atoms with E-state index in [1.807, 2.05) is 83.6 Å². The van der Waals surface area contributed by atoms with Gasteiger partial charge in [0, 0.05) is 44.3 Å². The monoisotopic (exact) mass is 1200 g/mol. The molecule has 0 bridgehead atoms. The predicted octanol–water partition coefficient (Wildman–Crippen LogP) is 13.6. The summed E-state index contributed by atoms with van der Waals surface area (Å²) in [4.78, 5) is 4.92. The van der Waals surface area contributed by atoms with Gasteiger partial charge in [0.15, 0.2) is 8.07 Å². The summed E-state index contributed by atoms with van der Waals surface area (Å²) in [6.45, 7) is 6.54. The van der Waals surface area contributed by atoms with Crippen LogP contribution < -0.4 is 30.1 Å². The first kappa shape index (κ1) is 38.8. The van der Waals surface area contributed by atoms with Gasteiger partial charge in [0.05, 0.1) is 30.4 Å². The van der Waals surface area contributed by atoms with Gasteiger partial charge < -0.3 is 13.9 Å². The minimum Gasteiger partial charge on any atom is -0.510 e. The average Bonchev–Trinajstić information content (AvgIpc) is 1.84. The Bertz CT molecular complexity index is 4620. The molecule has 374 valence electrons. The Morgan fingerprint density at radius 2 is 1.10 bits per heavy atom. The van der Waals surface area contributed by atoms with Crippen molar-refractivity contribution < 1.29 is 44.1 Å². The van der Waals surface area contributed by atoms with E-state index in [2.05, 4.69) is 147 Å². The minimum absolute atomic E-state index is 0. The van der Waals surface area contributed by atoms with Gasteiger partial charge in [-0.25, -0.2) is 4.98 Å². The van der Waals surface area contributed by atoms with Crippen molar-refractivity contribution in [3.63, 3.8) is 0 Å². The molecule has 0 spiro atoms. The molecule has 0 amide bonds. The second-order valence-electron chi connectivity index (χ2n) is 19.6. The molecule has 0 fully saturated rings. The molecule has 0 aliphatic heterocycles. The summed E-state index contributed by atoms with van der Waals surface area (Å²) in [5.74, 6) is 1.50. The maximum Gasteiger partial charge on any atom is 0.268 e. The Balaban J connectivity index is 0.00000739. The second kappa shape index (κ2) is 20.5. The van der Waals surface area contributed by atoms with E-state index in [0.29, 0.717) is 28.2 Å². The van der Waals surface area contributed by atoms with Crippen LogP contribution in [-0.2, 0) is 26.5 Å². The number of aromatic nitrogens is 4. The van der Waals surface area contributed by atoms with Gasteiger partial charge in [-0.05, 0) is 78.1 Å². The number of para-hydroxylation sites is 4. The van der Waals surface area contributed by atoms with Gasteiger partial charge in [-0.15, -0.1) is 29.7 Å². The first-order valence-corrected chi connectivity index (χ1v) is 27.0. The number of imidazole rings is 1. The van der Waals surface area contributed by atoms with Crippen LogP contribution >= 0.6 is 0 Å². The molecule has 3 heterocycles. The van der Waals surface area contributed by atoms with E-state index in [1.165, 1.54) is 0 Å². The molecule has 10 aromatic carbocycles. The van der Waals surface area contributed by atoms with E-state index in [-0.39, 0.29) is 54.4 Å². The van der Waals surface area contributed by atoms with Crippen LogP contribution in [-0.4, -0.2) is 22.2 Å². The number of fused-ring (bicyclic) bond motifs is 4. The van der Waals surface area contributed by atoms with Gasteiger partial charge in [-0.1, -0.05) is 238 Å². The standard InChI is InChI=1S/C70H52N4OSi.Pt/c1-70(2,3)52-42-43-71-68(44-52)74-64-37-20-19-34-62(64)63-41-40-54(48-67(63)74)75-55-45-53(46-59(47-55)76(56-28-13-6-14-29-56,57-30-15-7-16-31-57)58-32-17-8-18-33-58)72-49-73(66-39-22-21-38-65(66)72)69-60(50-24-9-4-10-25-50)35-23-36-61(69)51-26-11-5-12-27-51;/h4-44,46-47H,1-3H3;/q-2;/i4D,5D,9D,10D,11D,12D,24D,25D,26D,27D;. The van der Waals surface area contributed by atoms with Gasteiger partial charge in [-0.2, -0.15) is 17.3 Å².